The van der Waals surface area contributed by atoms with Crippen molar-refractivity contribution >= 4 is 23.5 Å². The van der Waals surface area contributed by atoms with Crippen molar-refractivity contribution < 1.29 is 42.1 Å². The Labute approximate surface area is 321 Å². The van der Waals surface area contributed by atoms with Gasteiger partial charge in [0, 0.05) is 54.4 Å². The normalized spacial score (nSPS) is 19.7. The standard InChI is InChI=1S/C40H41ClF3N5O6/c1-53-36-22(19-45-20-24-12-16-34(50)46-24)11-14-31(47-36)29-9-4-8-28(35(29)41)25-6-3-7-27-26(25)13-15-33(27)55-38-30(40(42,43)44)18-23(37(48-38)54-2)21-49-17-5-10-32(49)39(51)52/h3-4,6-9,11,14,18,24,32-33,45H,5,10,12-13,15-17,19-21H2,1-2H3,(H,46,50)(H,51,52)/t24-,32-,33-/m0/s1. The van der Waals surface area contributed by atoms with Gasteiger partial charge in [-0.3, -0.25) is 14.5 Å². The molecule has 0 bridgehead atoms. The number of fused-ring (bicyclic) bond motifs is 1. The van der Waals surface area contributed by atoms with Gasteiger partial charge in [-0.15, -0.1) is 0 Å². The number of likely N-dealkylation sites (tertiary alicyclic amines) is 1. The number of hydrogen-bond acceptors (Lipinski definition) is 9. The molecule has 3 atom stereocenters. The van der Waals surface area contributed by atoms with Crippen LogP contribution in [0.5, 0.6) is 17.6 Å². The first-order chi connectivity index (χ1) is 26.4. The number of methoxy groups -OCH3 is 2. The molecule has 1 amide bonds. The Morgan fingerprint density at radius 2 is 1.71 bits per heavy atom. The number of carbonyl (C=O) groups excluding carboxylic acids is 1. The lowest BCUT2D eigenvalue weighted by atomic mass is 9.94. The van der Waals surface area contributed by atoms with Crippen LogP contribution in [-0.2, 0) is 35.3 Å². The number of amides is 1. The summed E-state index contributed by atoms with van der Waals surface area (Å²) in [4.78, 5) is 33.9. The van der Waals surface area contributed by atoms with E-state index in [0.717, 1.165) is 40.3 Å². The predicted octanol–water partition coefficient (Wildman–Crippen LogP) is 6.98. The van der Waals surface area contributed by atoms with Crippen molar-refractivity contribution in [3.63, 3.8) is 0 Å². The molecule has 2 aliphatic heterocycles. The zero-order chi connectivity index (χ0) is 38.9. The van der Waals surface area contributed by atoms with Gasteiger partial charge in [0.15, 0.2) is 0 Å². The van der Waals surface area contributed by atoms with Crippen molar-refractivity contribution in [3.8, 4) is 40.0 Å². The number of halogens is 4. The fourth-order valence-corrected chi connectivity index (χ4v) is 8.15. The minimum absolute atomic E-state index is 0.0526. The minimum atomic E-state index is -4.79. The molecule has 15 heteroatoms. The Morgan fingerprint density at radius 3 is 2.44 bits per heavy atom. The van der Waals surface area contributed by atoms with Crippen LogP contribution < -0.4 is 24.8 Å². The summed E-state index contributed by atoms with van der Waals surface area (Å²) in [5.41, 5.74) is 4.43. The van der Waals surface area contributed by atoms with Crippen LogP contribution >= 0.6 is 11.6 Å². The average molecular weight is 780 g/mol. The molecule has 3 N–H and O–H groups in total. The van der Waals surface area contributed by atoms with Gasteiger partial charge in [-0.1, -0.05) is 54.1 Å². The van der Waals surface area contributed by atoms with E-state index < -0.39 is 35.7 Å². The Hall–Kier alpha value is -4.92. The van der Waals surface area contributed by atoms with Crippen LogP contribution in [0.25, 0.3) is 22.4 Å². The van der Waals surface area contributed by atoms with E-state index in [9.17, 15) is 27.9 Å². The van der Waals surface area contributed by atoms with Gasteiger partial charge in [0.05, 0.1) is 24.9 Å². The third kappa shape index (κ3) is 8.07. The summed E-state index contributed by atoms with van der Waals surface area (Å²) in [6.45, 7) is 1.51. The van der Waals surface area contributed by atoms with Gasteiger partial charge < -0.3 is 30.0 Å². The molecule has 2 fully saturated rings. The number of ether oxygens (including phenoxy) is 3. The molecule has 2 aromatic carbocycles. The summed E-state index contributed by atoms with van der Waals surface area (Å²) in [7, 11) is 2.87. The van der Waals surface area contributed by atoms with E-state index in [0.29, 0.717) is 73.9 Å². The van der Waals surface area contributed by atoms with Crippen LogP contribution in [0.3, 0.4) is 0 Å². The fraction of sp³-hybridized carbons (Fsp3) is 0.400. The number of aliphatic carboxylic acids is 1. The predicted molar refractivity (Wildman–Crippen MR) is 198 cm³/mol. The van der Waals surface area contributed by atoms with Gasteiger partial charge in [-0.25, -0.2) is 4.98 Å². The lowest BCUT2D eigenvalue weighted by molar-refractivity contribution is -0.143. The average Bonchev–Trinajstić information content (AvgIpc) is 3.92. The molecule has 55 heavy (non-hydrogen) atoms. The third-order valence-corrected chi connectivity index (χ3v) is 10.9. The lowest BCUT2D eigenvalue weighted by Crippen LogP contribution is -2.35. The smallest absolute Gasteiger partial charge is 0.421 e. The Morgan fingerprint density at radius 1 is 0.964 bits per heavy atom. The molecule has 4 aromatic rings. The number of nitrogens with zero attached hydrogens (tertiary/aromatic N) is 3. The minimum Gasteiger partial charge on any atom is -0.481 e. The summed E-state index contributed by atoms with van der Waals surface area (Å²) < 4.78 is 60.8. The zero-order valence-electron chi connectivity index (χ0n) is 30.3. The Kier molecular flexibility index (Phi) is 11.2. The number of nitrogens with one attached hydrogen (secondary N) is 2. The molecule has 1 aliphatic carbocycles. The van der Waals surface area contributed by atoms with E-state index in [2.05, 4.69) is 15.6 Å². The van der Waals surface area contributed by atoms with Crippen molar-refractivity contribution in [1.29, 1.82) is 0 Å². The summed E-state index contributed by atoms with van der Waals surface area (Å²) in [6.07, 6.45) is -2.22. The highest BCUT2D eigenvalue weighted by Crippen LogP contribution is 2.46. The van der Waals surface area contributed by atoms with E-state index in [1.807, 2.05) is 48.5 Å². The number of hydrogen-bond donors (Lipinski definition) is 3. The van der Waals surface area contributed by atoms with Gasteiger partial charge in [0.25, 0.3) is 0 Å². The highest BCUT2D eigenvalue weighted by molar-refractivity contribution is 6.36. The first kappa shape index (κ1) is 38.4. The molecule has 0 unspecified atom stereocenters. The van der Waals surface area contributed by atoms with Crippen LogP contribution in [-0.4, -0.2) is 71.2 Å². The Bertz CT molecular complexity index is 2100. The van der Waals surface area contributed by atoms with Crippen LogP contribution in [0.2, 0.25) is 5.02 Å². The van der Waals surface area contributed by atoms with Gasteiger partial charge in [0.1, 0.15) is 17.7 Å². The number of rotatable bonds is 13. The van der Waals surface area contributed by atoms with Crippen molar-refractivity contribution in [1.82, 2.24) is 25.5 Å². The molecule has 3 aliphatic rings. The first-order valence-corrected chi connectivity index (χ1v) is 18.6. The maximum absolute atomic E-state index is 14.5. The van der Waals surface area contributed by atoms with Crippen LogP contribution in [0.1, 0.15) is 66.0 Å². The number of carbonyl (C=O) groups is 2. The van der Waals surface area contributed by atoms with Gasteiger partial charge in [0.2, 0.25) is 23.5 Å². The molecule has 2 saturated heterocycles. The second-order valence-corrected chi connectivity index (χ2v) is 14.3. The summed E-state index contributed by atoms with van der Waals surface area (Å²) in [5.74, 6) is -1.16. The number of carboxylic acid groups (broad SMARTS) is 1. The number of pyridine rings is 2. The maximum atomic E-state index is 14.5. The second kappa shape index (κ2) is 16.0. The summed E-state index contributed by atoms with van der Waals surface area (Å²) >= 11 is 7.11. The zero-order valence-corrected chi connectivity index (χ0v) is 31.1. The summed E-state index contributed by atoms with van der Waals surface area (Å²) in [6, 6.07) is 15.3. The highest BCUT2D eigenvalue weighted by Gasteiger charge is 2.40. The van der Waals surface area contributed by atoms with Gasteiger partial charge in [-0.2, -0.15) is 18.2 Å². The number of alkyl halides is 3. The van der Waals surface area contributed by atoms with E-state index in [4.69, 9.17) is 30.8 Å². The molecule has 290 valence electrons. The quantitative estimate of drug-likeness (QED) is 0.130. The summed E-state index contributed by atoms with van der Waals surface area (Å²) in [5, 5.41) is 16.4. The van der Waals surface area contributed by atoms with E-state index in [-0.39, 0.29) is 29.9 Å². The van der Waals surface area contributed by atoms with Crippen molar-refractivity contribution in [2.45, 2.75) is 76.0 Å². The molecule has 0 saturated carbocycles. The largest absolute Gasteiger partial charge is 0.481 e. The van der Waals surface area contributed by atoms with Crippen molar-refractivity contribution in [2.75, 3.05) is 27.3 Å². The molecular weight excluding hydrogens is 739 g/mol. The fourth-order valence-electron chi connectivity index (χ4n) is 7.82. The maximum Gasteiger partial charge on any atom is 0.421 e. The molecule has 2 aromatic heterocycles. The van der Waals surface area contributed by atoms with E-state index in [1.54, 1.807) is 12.0 Å². The van der Waals surface area contributed by atoms with Crippen LogP contribution in [0.4, 0.5) is 13.2 Å². The first-order valence-electron chi connectivity index (χ1n) is 18.2. The number of benzene rings is 2. The van der Waals surface area contributed by atoms with E-state index >= 15 is 0 Å². The monoisotopic (exact) mass is 779 g/mol. The molecule has 11 nitrogen and oxygen atoms in total. The SMILES string of the molecule is COc1nc(-c2cccc(-c3cccc4c3CC[C@@H]4Oc3nc(OC)c(CN4CCC[C@H]4C(=O)O)cc3C(F)(F)F)c2Cl)ccc1CNC[C@@H]1CCC(=O)N1. The third-order valence-electron chi connectivity index (χ3n) is 10.5. The van der Waals surface area contributed by atoms with E-state index in [1.165, 1.54) is 7.11 Å². The highest BCUT2D eigenvalue weighted by atomic mass is 35.5. The molecule has 7 rings (SSSR count). The van der Waals surface area contributed by atoms with Gasteiger partial charge >= 0.3 is 12.1 Å². The molecule has 4 heterocycles. The molecule has 0 spiro atoms. The van der Waals surface area contributed by atoms with Crippen molar-refractivity contribution in [3.05, 3.63) is 87.4 Å². The van der Waals surface area contributed by atoms with Crippen LogP contribution in [0, 0.1) is 0 Å². The molecule has 0 radical (unpaired) electrons. The lowest BCUT2D eigenvalue weighted by Gasteiger charge is -2.24. The Balaban J connectivity index is 1.13. The van der Waals surface area contributed by atoms with Crippen molar-refractivity contribution in [2.24, 2.45) is 0 Å². The number of carboxylic acids is 1. The molecular formula is C40H41ClF3N5O6. The van der Waals surface area contributed by atoms with Crippen LogP contribution in [0.15, 0.2) is 54.6 Å². The van der Waals surface area contributed by atoms with Gasteiger partial charge in [-0.05, 0) is 67.5 Å². The topological polar surface area (TPSA) is 135 Å². The second-order valence-electron chi connectivity index (χ2n) is 14.0. The number of aromatic nitrogens is 2.